The van der Waals surface area contributed by atoms with Crippen molar-refractivity contribution in [1.29, 1.82) is 0 Å². The molecule has 0 saturated carbocycles. The van der Waals surface area contributed by atoms with Crippen LogP contribution in [-0.2, 0) is 23.1 Å². The molecule has 0 amide bonds. The van der Waals surface area contributed by atoms with E-state index in [-0.39, 0.29) is 0 Å². The topological polar surface area (TPSA) is 61.8 Å². The van der Waals surface area contributed by atoms with Crippen molar-refractivity contribution >= 4 is 19.6 Å². The summed E-state index contributed by atoms with van der Waals surface area (Å²) in [4.78, 5) is 11.4. The summed E-state index contributed by atoms with van der Waals surface area (Å²) in [6.45, 7) is 0. The van der Waals surface area contributed by atoms with Gasteiger partial charge in [0.15, 0.2) is 6.35 Å². The molecular formula is C12H15O5P. The third-order valence-corrected chi connectivity index (χ3v) is 3.69. The molecule has 0 aliphatic heterocycles. The lowest BCUT2D eigenvalue weighted by atomic mass is 10.2. The summed E-state index contributed by atoms with van der Waals surface area (Å²) in [7, 11) is -0.839. The van der Waals surface area contributed by atoms with E-state index >= 15 is 0 Å². The zero-order chi connectivity index (χ0) is 13.4. The maximum atomic E-state index is 11.6. The predicted octanol–water partition coefficient (Wildman–Crippen LogP) is 2.69. The highest BCUT2D eigenvalue weighted by Gasteiger charge is 2.22. The average molecular weight is 270 g/mol. The molecule has 0 N–H and O–H groups in total. The summed E-state index contributed by atoms with van der Waals surface area (Å²) >= 11 is 0. The highest BCUT2D eigenvalue weighted by molar-refractivity contribution is 7.53. The molecule has 1 aromatic carbocycles. The van der Waals surface area contributed by atoms with Crippen molar-refractivity contribution in [3.63, 3.8) is 0 Å². The van der Waals surface area contributed by atoms with Gasteiger partial charge in [-0.2, -0.15) is 0 Å². The van der Waals surface area contributed by atoms with Crippen molar-refractivity contribution in [1.82, 2.24) is 0 Å². The fraction of sp³-hybridized carbons (Fsp3) is 0.250. The second kappa shape index (κ2) is 7.11. The molecular weight excluding hydrogens is 255 g/mol. The van der Waals surface area contributed by atoms with Crippen LogP contribution in [0, 0.1) is 0 Å². The molecule has 5 nitrogen and oxygen atoms in total. The molecule has 0 bridgehead atoms. The number of benzene rings is 1. The van der Waals surface area contributed by atoms with Crippen LogP contribution in [0.5, 0.6) is 0 Å². The Labute approximate surface area is 106 Å². The first-order valence-corrected chi connectivity index (χ1v) is 6.93. The van der Waals surface area contributed by atoms with Crippen molar-refractivity contribution in [2.75, 3.05) is 20.6 Å². The van der Waals surface area contributed by atoms with E-state index < -0.39 is 19.9 Å². The van der Waals surface area contributed by atoms with Gasteiger partial charge in [0.25, 0.3) is 0 Å². The summed E-state index contributed by atoms with van der Waals surface area (Å²) in [5.74, 6) is -0.604. The zero-order valence-corrected chi connectivity index (χ0v) is 11.1. The molecule has 0 atom stereocenters. The first kappa shape index (κ1) is 14.6. The minimum absolute atomic E-state index is 0.405. The van der Waals surface area contributed by atoms with Crippen LogP contribution in [0.1, 0.15) is 5.56 Å². The molecule has 0 aromatic heterocycles. The molecule has 0 fully saturated rings. The molecule has 0 aliphatic carbocycles. The van der Waals surface area contributed by atoms with Crippen LogP contribution in [-0.4, -0.2) is 26.5 Å². The van der Waals surface area contributed by atoms with E-state index in [2.05, 4.69) is 9.05 Å². The Bertz CT molecular complexity index is 447. The van der Waals surface area contributed by atoms with Gasteiger partial charge >= 0.3 is 13.6 Å². The van der Waals surface area contributed by atoms with E-state index in [0.717, 1.165) is 5.56 Å². The minimum Gasteiger partial charge on any atom is -0.450 e. The molecule has 0 spiro atoms. The van der Waals surface area contributed by atoms with E-state index in [0.29, 0.717) is 0 Å². The second-order valence-corrected chi connectivity index (χ2v) is 5.52. The van der Waals surface area contributed by atoms with E-state index in [9.17, 15) is 9.36 Å². The minimum atomic E-state index is -3.31. The smallest absolute Gasteiger partial charge is 0.367 e. The summed E-state index contributed by atoms with van der Waals surface area (Å²) < 4.78 is 25.6. The van der Waals surface area contributed by atoms with Crippen LogP contribution in [0.4, 0.5) is 0 Å². The predicted molar refractivity (Wildman–Crippen MR) is 68.1 cm³/mol. The third kappa shape index (κ3) is 4.84. The van der Waals surface area contributed by atoms with Gasteiger partial charge in [0.05, 0.1) is 0 Å². The highest BCUT2D eigenvalue weighted by atomic mass is 31.2. The Balaban J connectivity index is 2.48. The first-order chi connectivity index (χ1) is 8.59. The van der Waals surface area contributed by atoms with Crippen molar-refractivity contribution < 1.29 is 23.1 Å². The Morgan fingerprint density at radius 3 is 2.39 bits per heavy atom. The Hall–Kier alpha value is -1.42. The molecule has 0 aliphatic rings. The lowest BCUT2D eigenvalue weighted by molar-refractivity contribution is -0.136. The molecule has 0 saturated heterocycles. The molecule has 6 heteroatoms. The normalized spacial score (nSPS) is 11.7. The number of carbonyl (C=O) groups is 1. The Morgan fingerprint density at radius 1 is 1.22 bits per heavy atom. The highest BCUT2D eigenvalue weighted by Crippen LogP contribution is 2.46. The Morgan fingerprint density at radius 2 is 1.83 bits per heavy atom. The molecule has 0 heterocycles. The van der Waals surface area contributed by atoms with Crippen molar-refractivity contribution in [3.8, 4) is 0 Å². The molecule has 1 aromatic rings. The van der Waals surface area contributed by atoms with Crippen LogP contribution in [0.25, 0.3) is 6.08 Å². The first-order valence-electron chi connectivity index (χ1n) is 5.20. The lowest BCUT2D eigenvalue weighted by Crippen LogP contribution is -2.05. The number of esters is 1. The molecule has 0 unspecified atom stereocenters. The molecule has 1 rings (SSSR count). The van der Waals surface area contributed by atoms with Gasteiger partial charge in [-0.05, 0) is 11.6 Å². The summed E-state index contributed by atoms with van der Waals surface area (Å²) in [6, 6.07) is 9.28. The van der Waals surface area contributed by atoms with Crippen LogP contribution in [0.2, 0.25) is 0 Å². The largest absolute Gasteiger partial charge is 0.450 e. The van der Waals surface area contributed by atoms with E-state index in [1.807, 2.05) is 30.3 Å². The van der Waals surface area contributed by atoms with E-state index in [4.69, 9.17) is 4.74 Å². The summed E-state index contributed by atoms with van der Waals surface area (Å²) in [6.07, 6.45) is 2.45. The fourth-order valence-corrected chi connectivity index (χ4v) is 1.74. The standard InChI is InChI=1S/C12H15O5P/c1-15-18(14,16-2)10-17-12(13)9-8-11-6-4-3-5-7-11/h3-9H,10H2,1-2H3. The molecule has 98 valence electrons. The molecule has 0 radical (unpaired) electrons. The van der Waals surface area contributed by atoms with Gasteiger partial charge in [-0.15, -0.1) is 0 Å². The van der Waals surface area contributed by atoms with Gasteiger partial charge in [-0.25, -0.2) is 4.79 Å². The molecule has 18 heavy (non-hydrogen) atoms. The summed E-state index contributed by atoms with van der Waals surface area (Å²) in [5.41, 5.74) is 0.871. The lowest BCUT2D eigenvalue weighted by Gasteiger charge is -2.12. The number of carbonyl (C=O) groups excluding carboxylic acids is 1. The van der Waals surface area contributed by atoms with Gasteiger partial charge < -0.3 is 13.8 Å². The average Bonchev–Trinajstić information content (AvgIpc) is 2.43. The number of hydrogen-bond acceptors (Lipinski definition) is 5. The van der Waals surface area contributed by atoms with Gasteiger partial charge in [0.1, 0.15) is 0 Å². The summed E-state index contributed by atoms with van der Waals surface area (Å²) in [5, 5.41) is 0. The second-order valence-electron chi connectivity index (χ2n) is 3.31. The van der Waals surface area contributed by atoms with Gasteiger partial charge in [0, 0.05) is 20.3 Å². The van der Waals surface area contributed by atoms with Crippen LogP contribution >= 0.6 is 7.60 Å². The number of ether oxygens (including phenoxy) is 1. The quantitative estimate of drug-likeness (QED) is 0.452. The van der Waals surface area contributed by atoms with Crippen molar-refractivity contribution in [2.45, 2.75) is 0 Å². The zero-order valence-electron chi connectivity index (χ0n) is 10.2. The van der Waals surface area contributed by atoms with Gasteiger partial charge in [-0.1, -0.05) is 30.3 Å². The Kier molecular flexibility index (Phi) is 5.78. The van der Waals surface area contributed by atoms with Gasteiger partial charge in [0.2, 0.25) is 0 Å². The SMILES string of the molecule is COP(=O)(COC(=O)C=Cc1ccccc1)OC. The van der Waals surface area contributed by atoms with E-state index in [1.165, 1.54) is 20.3 Å². The fourth-order valence-electron chi connectivity index (χ4n) is 1.10. The van der Waals surface area contributed by atoms with E-state index in [1.54, 1.807) is 6.08 Å². The number of hydrogen-bond donors (Lipinski definition) is 0. The van der Waals surface area contributed by atoms with Crippen molar-refractivity contribution in [3.05, 3.63) is 42.0 Å². The maximum Gasteiger partial charge on any atom is 0.367 e. The number of rotatable bonds is 6. The van der Waals surface area contributed by atoms with Crippen molar-refractivity contribution in [2.24, 2.45) is 0 Å². The van der Waals surface area contributed by atoms with Crippen LogP contribution in [0.15, 0.2) is 36.4 Å². The van der Waals surface area contributed by atoms with Crippen LogP contribution in [0.3, 0.4) is 0 Å². The van der Waals surface area contributed by atoms with Gasteiger partial charge in [-0.3, -0.25) is 4.57 Å². The third-order valence-electron chi connectivity index (χ3n) is 2.13. The maximum absolute atomic E-state index is 11.6. The van der Waals surface area contributed by atoms with Crippen LogP contribution < -0.4 is 0 Å². The monoisotopic (exact) mass is 270 g/mol.